The Bertz CT molecular complexity index is 998. The van der Waals surface area contributed by atoms with Gasteiger partial charge in [0.1, 0.15) is 10.5 Å². The van der Waals surface area contributed by atoms with Crippen LogP contribution in [-0.4, -0.2) is 54.3 Å². The number of sulfonamides is 1. The van der Waals surface area contributed by atoms with Crippen LogP contribution < -0.4 is 5.32 Å². The minimum absolute atomic E-state index is 0.0266. The number of anilines is 1. The molecule has 1 aliphatic heterocycles. The molecule has 1 aliphatic rings. The van der Waals surface area contributed by atoms with Crippen molar-refractivity contribution in [2.24, 2.45) is 5.92 Å². The van der Waals surface area contributed by atoms with Crippen molar-refractivity contribution in [1.29, 1.82) is 0 Å². The highest BCUT2D eigenvalue weighted by Gasteiger charge is 2.38. The molecule has 0 radical (unpaired) electrons. The molecule has 0 aliphatic carbocycles. The van der Waals surface area contributed by atoms with E-state index in [-0.39, 0.29) is 36.1 Å². The van der Waals surface area contributed by atoms with Crippen molar-refractivity contribution in [2.75, 3.05) is 25.0 Å². The molecule has 2 aromatic rings. The standard InChI is InChI=1S/C18H24N4O5S2/c1-4-27-17(24)14-11(2)20-12(3)15(14)29(25,26)22-8-5-6-13(10-22)16(23)21-18-19-7-9-28-18/h7,9,13,20H,4-6,8,10H2,1-3H3,(H,19,21,23)/t13-/m1/s1. The zero-order valence-electron chi connectivity index (χ0n) is 16.5. The number of ether oxygens (including phenoxy) is 1. The number of carbonyl (C=O) groups excluding carboxylic acids is 2. The number of esters is 1. The number of nitrogens with zero attached hydrogens (tertiary/aromatic N) is 2. The number of carbonyl (C=O) groups is 2. The number of rotatable bonds is 6. The summed E-state index contributed by atoms with van der Waals surface area (Å²) in [6.45, 7) is 5.39. The van der Waals surface area contributed by atoms with E-state index in [4.69, 9.17) is 4.74 Å². The highest BCUT2D eigenvalue weighted by molar-refractivity contribution is 7.89. The Morgan fingerprint density at radius 3 is 2.79 bits per heavy atom. The third-order valence-corrected chi connectivity index (χ3v) is 7.54. The lowest BCUT2D eigenvalue weighted by atomic mass is 9.99. The van der Waals surface area contributed by atoms with Gasteiger partial charge in [0.2, 0.25) is 15.9 Å². The average Bonchev–Trinajstić information content (AvgIpc) is 3.29. The minimum atomic E-state index is -3.99. The number of aryl methyl sites for hydroxylation is 2. The molecule has 2 N–H and O–H groups in total. The Labute approximate surface area is 173 Å². The lowest BCUT2D eigenvalue weighted by Crippen LogP contribution is -2.44. The monoisotopic (exact) mass is 440 g/mol. The summed E-state index contributed by atoms with van der Waals surface area (Å²) in [5.74, 6) is -1.43. The van der Waals surface area contributed by atoms with E-state index in [1.165, 1.54) is 15.6 Å². The summed E-state index contributed by atoms with van der Waals surface area (Å²) in [7, 11) is -3.99. The van der Waals surface area contributed by atoms with Crippen molar-refractivity contribution in [2.45, 2.75) is 38.5 Å². The summed E-state index contributed by atoms with van der Waals surface area (Å²) in [6, 6.07) is 0. The van der Waals surface area contributed by atoms with Gasteiger partial charge in [-0.2, -0.15) is 4.31 Å². The number of hydrogen-bond donors (Lipinski definition) is 2. The molecular formula is C18H24N4O5S2. The molecule has 1 fully saturated rings. The van der Waals surface area contributed by atoms with Gasteiger partial charge in [-0.3, -0.25) is 4.79 Å². The molecule has 9 nitrogen and oxygen atoms in total. The van der Waals surface area contributed by atoms with E-state index in [0.29, 0.717) is 29.4 Å². The Balaban J connectivity index is 1.86. The molecule has 3 heterocycles. The topological polar surface area (TPSA) is 121 Å². The fourth-order valence-electron chi connectivity index (χ4n) is 3.53. The van der Waals surface area contributed by atoms with Gasteiger partial charge < -0.3 is 15.0 Å². The molecule has 29 heavy (non-hydrogen) atoms. The summed E-state index contributed by atoms with van der Waals surface area (Å²) in [5.41, 5.74) is 0.841. The van der Waals surface area contributed by atoms with Crippen LogP contribution in [0.3, 0.4) is 0 Å². The predicted octanol–water partition coefficient (Wildman–Crippen LogP) is 2.30. The second kappa shape index (κ2) is 8.64. The fourth-order valence-corrected chi connectivity index (χ4v) is 5.99. The lowest BCUT2D eigenvalue weighted by Gasteiger charge is -2.31. The highest BCUT2D eigenvalue weighted by atomic mass is 32.2. The van der Waals surface area contributed by atoms with Gasteiger partial charge >= 0.3 is 5.97 Å². The summed E-state index contributed by atoms with van der Waals surface area (Å²) in [6.07, 6.45) is 2.72. The van der Waals surface area contributed by atoms with Gasteiger partial charge in [-0.25, -0.2) is 18.2 Å². The molecule has 2 aromatic heterocycles. The first-order valence-electron chi connectivity index (χ1n) is 9.32. The zero-order chi connectivity index (χ0) is 21.2. The van der Waals surface area contributed by atoms with Gasteiger partial charge in [0.05, 0.1) is 12.5 Å². The quantitative estimate of drug-likeness (QED) is 0.665. The second-order valence-corrected chi connectivity index (χ2v) is 9.60. The maximum atomic E-state index is 13.4. The molecule has 1 atom stereocenters. The third kappa shape index (κ3) is 4.36. The van der Waals surface area contributed by atoms with Crippen molar-refractivity contribution in [1.82, 2.24) is 14.3 Å². The molecule has 0 spiro atoms. The van der Waals surface area contributed by atoms with Crippen LogP contribution in [0.2, 0.25) is 0 Å². The normalized spacial score (nSPS) is 17.8. The SMILES string of the molecule is CCOC(=O)c1c(C)[nH]c(C)c1S(=O)(=O)N1CCC[C@@H](C(=O)Nc2nccs2)C1. The van der Waals surface area contributed by atoms with Gasteiger partial charge in [0.25, 0.3) is 0 Å². The molecule has 1 saturated heterocycles. The van der Waals surface area contributed by atoms with Crippen LogP contribution >= 0.6 is 11.3 Å². The summed E-state index contributed by atoms with van der Waals surface area (Å²) in [5, 5.41) is 4.97. The number of aromatic amines is 1. The molecule has 0 unspecified atom stereocenters. The number of hydrogen-bond acceptors (Lipinski definition) is 7. The molecule has 11 heteroatoms. The van der Waals surface area contributed by atoms with Gasteiger partial charge in [-0.05, 0) is 33.6 Å². The molecular weight excluding hydrogens is 416 g/mol. The van der Waals surface area contributed by atoms with Gasteiger partial charge in [0, 0.05) is 36.1 Å². The molecule has 0 saturated carbocycles. The Hall–Kier alpha value is -2.24. The van der Waals surface area contributed by atoms with Crippen molar-refractivity contribution in [3.8, 4) is 0 Å². The van der Waals surface area contributed by atoms with Crippen molar-refractivity contribution < 1.29 is 22.7 Å². The van der Waals surface area contributed by atoms with Crippen molar-refractivity contribution in [3.05, 3.63) is 28.5 Å². The third-order valence-electron chi connectivity index (χ3n) is 4.81. The maximum absolute atomic E-state index is 13.4. The van der Waals surface area contributed by atoms with E-state index >= 15 is 0 Å². The zero-order valence-corrected chi connectivity index (χ0v) is 18.2. The van der Waals surface area contributed by atoms with Crippen LogP contribution in [-0.2, 0) is 19.6 Å². The van der Waals surface area contributed by atoms with Crippen LogP contribution in [0.4, 0.5) is 5.13 Å². The first kappa shape index (κ1) is 21.5. The Morgan fingerprint density at radius 2 is 2.14 bits per heavy atom. The first-order chi connectivity index (χ1) is 13.8. The Kier molecular flexibility index (Phi) is 6.39. The van der Waals surface area contributed by atoms with E-state index < -0.39 is 21.9 Å². The van der Waals surface area contributed by atoms with Gasteiger partial charge in [-0.15, -0.1) is 11.3 Å². The summed E-state index contributed by atoms with van der Waals surface area (Å²) in [4.78, 5) is 31.8. The van der Waals surface area contributed by atoms with Crippen LogP contribution in [0.25, 0.3) is 0 Å². The number of H-pyrrole nitrogens is 1. The molecule has 0 bridgehead atoms. The van der Waals surface area contributed by atoms with E-state index in [9.17, 15) is 18.0 Å². The molecule has 0 aromatic carbocycles. The van der Waals surface area contributed by atoms with E-state index in [2.05, 4.69) is 15.3 Å². The summed E-state index contributed by atoms with van der Waals surface area (Å²) >= 11 is 1.30. The predicted molar refractivity (Wildman–Crippen MR) is 108 cm³/mol. The second-order valence-electron chi connectivity index (χ2n) is 6.83. The van der Waals surface area contributed by atoms with Crippen LogP contribution in [0.1, 0.15) is 41.5 Å². The largest absolute Gasteiger partial charge is 0.462 e. The minimum Gasteiger partial charge on any atom is -0.462 e. The van der Waals surface area contributed by atoms with Crippen LogP contribution in [0.5, 0.6) is 0 Å². The smallest absolute Gasteiger partial charge is 0.341 e. The molecule has 1 amide bonds. The van der Waals surface area contributed by atoms with Crippen molar-refractivity contribution in [3.63, 3.8) is 0 Å². The average molecular weight is 441 g/mol. The number of amides is 1. The lowest BCUT2D eigenvalue weighted by molar-refractivity contribution is -0.120. The maximum Gasteiger partial charge on any atom is 0.341 e. The van der Waals surface area contributed by atoms with E-state index in [1.807, 2.05) is 0 Å². The first-order valence-corrected chi connectivity index (χ1v) is 11.6. The van der Waals surface area contributed by atoms with E-state index in [1.54, 1.807) is 32.3 Å². The van der Waals surface area contributed by atoms with Gasteiger partial charge in [-0.1, -0.05) is 0 Å². The number of aromatic nitrogens is 2. The van der Waals surface area contributed by atoms with Crippen LogP contribution in [0.15, 0.2) is 16.5 Å². The Morgan fingerprint density at radius 1 is 1.38 bits per heavy atom. The number of thiazole rings is 1. The fraction of sp³-hybridized carbons (Fsp3) is 0.500. The summed E-state index contributed by atoms with van der Waals surface area (Å²) < 4.78 is 33.1. The van der Waals surface area contributed by atoms with Crippen LogP contribution in [0, 0.1) is 19.8 Å². The molecule has 3 rings (SSSR count). The molecule has 158 valence electrons. The number of nitrogens with one attached hydrogen (secondary N) is 2. The number of piperidine rings is 1. The van der Waals surface area contributed by atoms with Gasteiger partial charge in [0.15, 0.2) is 5.13 Å². The van der Waals surface area contributed by atoms with Crippen molar-refractivity contribution >= 4 is 38.4 Å². The highest BCUT2D eigenvalue weighted by Crippen LogP contribution is 2.31. The van der Waals surface area contributed by atoms with E-state index in [0.717, 1.165) is 0 Å².